The molecule has 31 heavy (non-hydrogen) atoms. The van der Waals surface area contributed by atoms with Crippen molar-refractivity contribution in [2.24, 2.45) is 0 Å². The second-order valence-corrected chi connectivity index (χ2v) is 8.12. The van der Waals surface area contributed by atoms with E-state index in [4.69, 9.17) is 4.74 Å². The van der Waals surface area contributed by atoms with E-state index in [9.17, 15) is 9.18 Å². The Hall–Kier alpha value is -2.91. The Morgan fingerprint density at radius 1 is 1.13 bits per heavy atom. The van der Waals surface area contributed by atoms with E-state index < -0.39 is 0 Å². The zero-order chi connectivity index (χ0) is 22.2. The van der Waals surface area contributed by atoms with E-state index in [1.165, 1.54) is 17.8 Å². The molecule has 3 rings (SSSR count). The molecule has 0 radical (unpaired) electrons. The minimum absolute atomic E-state index is 0.0839. The van der Waals surface area contributed by atoms with E-state index in [0.29, 0.717) is 23.8 Å². The van der Waals surface area contributed by atoms with Crippen molar-refractivity contribution in [2.75, 3.05) is 40.0 Å². The van der Waals surface area contributed by atoms with Gasteiger partial charge in [0.2, 0.25) is 5.91 Å². The van der Waals surface area contributed by atoms with Crippen LogP contribution in [-0.4, -0.2) is 70.5 Å². The van der Waals surface area contributed by atoms with Gasteiger partial charge in [0.1, 0.15) is 17.9 Å². The van der Waals surface area contributed by atoms with Crippen molar-refractivity contribution in [3.8, 4) is 11.4 Å². The first-order valence-corrected chi connectivity index (χ1v) is 10.8. The van der Waals surface area contributed by atoms with Crippen LogP contribution < -0.4 is 4.74 Å². The first kappa shape index (κ1) is 22.8. The van der Waals surface area contributed by atoms with Gasteiger partial charge < -0.3 is 14.5 Å². The SMILES string of the molecule is COc1ccc(-n2cnnc2SCC(=O)N(CCN(C)C)Cc2ccccc2F)cc1. The van der Waals surface area contributed by atoms with E-state index in [1.54, 1.807) is 36.5 Å². The van der Waals surface area contributed by atoms with Gasteiger partial charge in [-0.25, -0.2) is 4.39 Å². The Morgan fingerprint density at radius 2 is 1.87 bits per heavy atom. The van der Waals surface area contributed by atoms with Gasteiger partial charge in [-0.1, -0.05) is 30.0 Å². The van der Waals surface area contributed by atoms with Crippen LogP contribution in [0.3, 0.4) is 0 Å². The fourth-order valence-corrected chi connectivity index (χ4v) is 3.74. The number of hydrogen-bond acceptors (Lipinski definition) is 6. The second-order valence-electron chi connectivity index (χ2n) is 7.18. The normalized spacial score (nSPS) is 11.0. The van der Waals surface area contributed by atoms with Gasteiger partial charge in [0, 0.05) is 30.9 Å². The summed E-state index contributed by atoms with van der Waals surface area (Å²) in [5, 5.41) is 8.74. The molecule has 1 aromatic heterocycles. The van der Waals surface area contributed by atoms with Crippen LogP contribution in [0.5, 0.6) is 5.75 Å². The molecule has 0 aliphatic rings. The summed E-state index contributed by atoms with van der Waals surface area (Å²) in [6.45, 7) is 1.42. The third-order valence-corrected chi connectivity index (χ3v) is 5.61. The van der Waals surface area contributed by atoms with Crippen LogP contribution in [0.4, 0.5) is 4.39 Å². The number of likely N-dealkylation sites (N-methyl/N-ethyl adjacent to an activating group) is 1. The van der Waals surface area contributed by atoms with Crippen LogP contribution in [-0.2, 0) is 11.3 Å². The molecule has 0 bridgehead atoms. The maximum atomic E-state index is 14.1. The number of aromatic nitrogens is 3. The van der Waals surface area contributed by atoms with Crippen LogP contribution in [0.1, 0.15) is 5.56 Å². The third kappa shape index (κ3) is 6.28. The molecule has 0 unspecified atom stereocenters. The lowest BCUT2D eigenvalue weighted by Crippen LogP contribution is -2.37. The Labute approximate surface area is 185 Å². The average Bonchev–Trinajstić information content (AvgIpc) is 3.24. The molecule has 0 aliphatic carbocycles. The van der Waals surface area contributed by atoms with E-state index in [0.717, 1.165) is 11.4 Å². The lowest BCUT2D eigenvalue weighted by atomic mass is 10.2. The number of hydrogen-bond donors (Lipinski definition) is 0. The van der Waals surface area contributed by atoms with Crippen LogP contribution in [0.2, 0.25) is 0 Å². The summed E-state index contributed by atoms with van der Waals surface area (Å²) in [6.07, 6.45) is 1.61. The molecule has 2 aromatic carbocycles. The number of benzene rings is 2. The third-order valence-electron chi connectivity index (χ3n) is 4.68. The van der Waals surface area contributed by atoms with Gasteiger partial charge in [-0.05, 0) is 44.4 Å². The molecular weight excluding hydrogens is 417 g/mol. The largest absolute Gasteiger partial charge is 0.497 e. The summed E-state index contributed by atoms with van der Waals surface area (Å²) in [5.41, 5.74) is 1.37. The Kier molecular flexibility index (Phi) is 8.02. The van der Waals surface area contributed by atoms with E-state index >= 15 is 0 Å². The summed E-state index contributed by atoms with van der Waals surface area (Å²) in [6, 6.07) is 14.0. The van der Waals surface area contributed by atoms with E-state index in [-0.39, 0.29) is 24.0 Å². The molecule has 7 nitrogen and oxygen atoms in total. The number of ether oxygens (including phenoxy) is 1. The minimum atomic E-state index is -0.308. The van der Waals surface area contributed by atoms with Crippen molar-refractivity contribution in [3.63, 3.8) is 0 Å². The fraction of sp³-hybridized carbons (Fsp3) is 0.318. The van der Waals surface area contributed by atoms with Crippen molar-refractivity contribution in [1.82, 2.24) is 24.6 Å². The summed E-state index contributed by atoms with van der Waals surface area (Å²) in [4.78, 5) is 16.7. The number of halogens is 1. The number of carbonyl (C=O) groups excluding carboxylic acids is 1. The minimum Gasteiger partial charge on any atom is -0.497 e. The number of amides is 1. The van der Waals surface area contributed by atoms with Gasteiger partial charge in [-0.2, -0.15) is 0 Å². The Bertz CT molecular complexity index is 994. The fourth-order valence-electron chi connectivity index (χ4n) is 2.91. The van der Waals surface area contributed by atoms with Crippen LogP contribution >= 0.6 is 11.8 Å². The van der Waals surface area contributed by atoms with Gasteiger partial charge in [0.15, 0.2) is 5.16 Å². The van der Waals surface area contributed by atoms with Crippen molar-refractivity contribution in [2.45, 2.75) is 11.7 Å². The van der Waals surface area contributed by atoms with Gasteiger partial charge in [0.05, 0.1) is 12.9 Å². The van der Waals surface area contributed by atoms with Crippen LogP contribution in [0, 0.1) is 5.82 Å². The zero-order valence-electron chi connectivity index (χ0n) is 17.9. The predicted molar refractivity (Wildman–Crippen MR) is 119 cm³/mol. The van der Waals surface area contributed by atoms with Crippen LogP contribution in [0.15, 0.2) is 60.0 Å². The predicted octanol–water partition coefficient (Wildman–Crippen LogP) is 3.10. The molecule has 3 aromatic rings. The van der Waals surface area contributed by atoms with Crippen molar-refractivity contribution >= 4 is 17.7 Å². The lowest BCUT2D eigenvalue weighted by Gasteiger charge is -2.24. The Morgan fingerprint density at radius 3 is 2.55 bits per heavy atom. The summed E-state index contributed by atoms with van der Waals surface area (Å²) in [7, 11) is 5.50. The summed E-state index contributed by atoms with van der Waals surface area (Å²) >= 11 is 1.30. The van der Waals surface area contributed by atoms with Crippen molar-refractivity contribution in [3.05, 3.63) is 66.2 Å². The van der Waals surface area contributed by atoms with E-state index in [2.05, 4.69) is 10.2 Å². The molecule has 9 heteroatoms. The molecule has 0 spiro atoms. The molecule has 0 aliphatic heterocycles. The highest BCUT2D eigenvalue weighted by atomic mass is 32.2. The first-order valence-electron chi connectivity index (χ1n) is 9.81. The second kappa shape index (κ2) is 10.9. The highest BCUT2D eigenvalue weighted by molar-refractivity contribution is 7.99. The first-order chi connectivity index (χ1) is 15.0. The quantitative estimate of drug-likeness (QED) is 0.449. The number of rotatable bonds is 10. The number of nitrogens with zero attached hydrogens (tertiary/aromatic N) is 5. The molecule has 0 saturated carbocycles. The molecule has 0 saturated heterocycles. The molecule has 0 atom stereocenters. The number of carbonyl (C=O) groups is 1. The van der Waals surface area contributed by atoms with Gasteiger partial charge >= 0.3 is 0 Å². The molecule has 1 heterocycles. The van der Waals surface area contributed by atoms with Crippen LogP contribution in [0.25, 0.3) is 5.69 Å². The van der Waals surface area contributed by atoms with Gasteiger partial charge in [-0.3, -0.25) is 9.36 Å². The smallest absolute Gasteiger partial charge is 0.233 e. The number of methoxy groups -OCH3 is 1. The zero-order valence-corrected chi connectivity index (χ0v) is 18.7. The molecule has 0 fully saturated rings. The standard InChI is InChI=1S/C22H26FN5O2S/c1-26(2)12-13-27(14-17-6-4-5-7-20(17)23)21(29)15-31-22-25-24-16-28(22)18-8-10-19(30-3)11-9-18/h4-11,16H,12-15H2,1-3H3. The lowest BCUT2D eigenvalue weighted by molar-refractivity contribution is -0.129. The molecule has 0 N–H and O–H groups in total. The number of thioether (sulfide) groups is 1. The maximum absolute atomic E-state index is 14.1. The molecular formula is C22H26FN5O2S. The highest BCUT2D eigenvalue weighted by Crippen LogP contribution is 2.22. The maximum Gasteiger partial charge on any atom is 0.233 e. The van der Waals surface area contributed by atoms with Crippen molar-refractivity contribution in [1.29, 1.82) is 0 Å². The van der Waals surface area contributed by atoms with Crippen molar-refractivity contribution < 1.29 is 13.9 Å². The van der Waals surface area contributed by atoms with Gasteiger partial charge in [-0.15, -0.1) is 10.2 Å². The highest BCUT2D eigenvalue weighted by Gasteiger charge is 2.18. The topological polar surface area (TPSA) is 63.5 Å². The monoisotopic (exact) mass is 443 g/mol. The molecule has 164 valence electrons. The molecule has 1 amide bonds. The summed E-state index contributed by atoms with van der Waals surface area (Å²) < 4.78 is 21.1. The Balaban J connectivity index is 1.69. The summed E-state index contributed by atoms with van der Waals surface area (Å²) in [5.74, 6) is 0.541. The average molecular weight is 444 g/mol. The van der Waals surface area contributed by atoms with Gasteiger partial charge in [0.25, 0.3) is 0 Å². The van der Waals surface area contributed by atoms with E-state index in [1.807, 2.05) is 47.8 Å².